The average Bonchev–Trinajstić information content (AvgIpc) is 2.23. The number of aliphatic hydroxyl groups is 3. The highest BCUT2D eigenvalue weighted by Crippen LogP contribution is 2.02. The van der Waals surface area contributed by atoms with Crippen LogP contribution in [0.25, 0.3) is 0 Å². The molecule has 0 atom stereocenters. The first kappa shape index (κ1) is 15.8. The summed E-state index contributed by atoms with van der Waals surface area (Å²) in [6, 6.07) is 0. The molecule has 6 nitrogen and oxygen atoms in total. The fraction of sp³-hybridized carbons (Fsp3) is 1.00. The van der Waals surface area contributed by atoms with Gasteiger partial charge in [0.25, 0.3) is 0 Å². The molecule has 0 heterocycles. The van der Waals surface area contributed by atoms with Crippen LogP contribution in [0.5, 0.6) is 0 Å². The predicted molar refractivity (Wildman–Crippen MR) is 60.9 cm³/mol. The van der Waals surface area contributed by atoms with E-state index in [-0.39, 0.29) is 25.6 Å². The third-order valence-corrected chi connectivity index (χ3v) is 3.38. The Bertz CT molecular complexity index is 265. The second-order valence-electron chi connectivity index (χ2n) is 4.02. The number of sulfone groups is 1. The quantitative estimate of drug-likeness (QED) is 0.359. The summed E-state index contributed by atoms with van der Waals surface area (Å²) in [5.74, 6) is 0.124. The Morgan fingerprint density at radius 2 is 1.56 bits per heavy atom. The molecule has 0 unspecified atom stereocenters. The maximum absolute atomic E-state index is 10.8. The number of rotatable bonds is 9. The van der Waals surface area contributed by atoms with E-state index >= 15 is 0 Å². The van der Waals surface area contributed by atoms with Gasteiger partial charge in [-0.3, -0.25) is 0 Å². The lowest BCUT2D eigenvalue weighted by atomic mass is 10.0. The van der Waals surface area contributed by atoms with Crippen molar-refractivity contribution in [3.63, 3.8) is 0 Å². The van der Waals surface area contributed by atoms with Gasteiger partial charge in [-0.2, -0.15) is 0 Å². The summed E-state index contributed by atoms with van der Waals surface area (Å²) in [6.45, 7) is -0.665. The highest BCUT2D eigenvalue weighted by atomic mass is 32.2. The maximum Gasteiger partial charge on any atom is 0.147 e. The highest BCUT2D eigenvalue weighted by molar-refractivity contribution is 7.90. The van der Waals surface area contributed by atoms with Gasteiger partial charge in [-0.25, -0.2) is 8.42 Å². The summed E-state index contributed by atoms with van der Waals surface area (Å²) in [6.07, 6.45) is 2.30. The van der Waals surface area contributed by atoms with Crippen molar-refractivity contribution in [2.45, 2.75) is 18.4 Å². The van der Waals surface area contributed by atoms with Crippen LogP contribution in [0.15, 0.2) is 0 Å². The normalized spacial score (nSPS) is 13.0. The third-order valence-electron chi connectivity index (χ3n) is 2.35. The second kappa shape index (κ2) is 7.18. The Labute approximate surface area is 96.2 Å². The molecule has 0 rings (SSSR count). The Morgan fingerprint density at radius 3 is 1.94 bits per heavy atom. The zero-order valence-electron chi connectivity index (χ0n) is 9.52. The minimum atomic E-state index is -2.93. The summed E-state index contributed by atoms with van der Waals surface area (Å²) >= 11 is 0. The van der Waals surface area contributed by atoms with Gasteiger partial charge in [0.2, 0.25) is 0 Å². The van der Waals surface area contributed by atoms with E-state index in [1.807, 2.05) is 0 Å². The Balaban J connectivity index is 3.80. The molecule has 16 heavy (non-hydrogen) atoms. The average molecular weight is 255 g/mol. The van der Waals surface area contributed by atoms with Crippen LogP contribution < -0.4 is 5.32 Å². The molecule has 0 aliphatic carbocycles. The highest BCUT2D eigenvalue weighted by Gasteiger charge is 2.26. The van der Waals surface area contributed by atoms with Crippen molar-refractivity contribution in [1.82, 2.24) is 5.32 Å². The molecule has 0 radical (unpaired) electrons. The van der Waals surface area contributed by atoms with Gasteiger partial charge < -0.3 is 20.6 Å². The Kier molecular flexibility index (Phi) is 7.09. The molecule has 98 valence electrons. The van der Waals surface area contributed by atoms with Crippen molar-refractivity contribution in [2.24, 2.45) is 0 Å². The van der Waals surface area contributed by atoms with Crippen LogP contribution in [0.2, 0.25) is 0 Å². The Hall–Kier alpha value is -0.210. The van der Waals surface area contributed by atoms with Gasteiger partial charge in [0.15, 0.2) is 0 Å². The molecule has 4 N–H and O–H groups in total. The summed E-state index contributed by atoms with van der Waals surface area (Å²) in [7, 11) is -2.93. The minimum Gasteiger partial charge on any atom is -0.394 e. The van der Waals surface area contributed by atoms with Gasteiger partial charge in [-0.05, 0) is 19.4 Å². The van der Waals surface area contributed by atoms with Crippen LogP contribution in [-0.2, 0) is 9.84 Å². The van der Waals surface area contributed by atoms with Gasteiger partial charge in [0.05, 0.1) is 25.4 Å². The molecule has 0 saturated heterocycles. The zero-order valence-corrected chi connectivity index (χ0v) is 10.3. The standard InChI is InChI=1S/C9H21NO5S/c1-16(14,15)5-3-2-4-10-9(6-11,7-12)8-13/h10-13H,2-8H2,1H3. The first-order valence-electron chi connectivity index (χ1n) is 5.14. The largest absolute Gasteiger partial charge is 0.394 e. The molecule has 0 fully saturated rings. The molecule has 0 aromatic carbocycles. The van der Waals surface area contributed by atoms with Crippen molar-refractivity contribution in [3.8, 4) is 0 Å². The van der Waals surface area contributed by atoms with Crippen LogP contribution in [0.3, 0.4) is 0 Å². The van der Waals surface area contributed by atoms with Gasteiger partial charge >= 0.3 is 0 Å². The summed E-state index contributed by atoms with van der Waals surface area (Å²) < 4.78 is 21.6. The lowest BCUT2D eigenvalue weighted by Crippen LogP contribution is -2.55. The van der Waals surface area contributed by atoms with Crippen molar-refractivity contribution < 1.29 is 23.7 Å². The fourth-order valence-corrected chi connectivity index (χ4v) is 1.89. The van der Waals surface area contributed by atoms with E-state index in [1.54, 1.807) is 0 Å². The number of aliphatic hydroxyl groups excluding tert-OH is 3. The van der Waals surface area contributed by atoms with Crippen molar-refractivity contribution in [1.29, 1.82) is 0 Å². The van der Waals surface area contributed by atoms with Crippen molar-refractivity contribution in [3.05, 3.63) is 0 Å². The van der Waals surface area contributed by atoms with E-state index in [9.17, 15) is 8.42 Å². The van der Waals surface area contributed by atoms with E-state index in [0.29, 0.717) is 19.4 Å². The van der Waals surface area contributed by atoms with E-state index in [0.717, 1.165) is 0 Å². The molecule has 0 aliphatic rings. The van der Waals surface area contributed by atoms with Crippen molar-refractivity contribution >= 4 is 9.84 Å². The Morgan fingerprint density at radius 1 is 1.06 bits per heavy atom. The fourth-order valence-electron chi connectivity index (χ4n) is 1.16. The molecule has 0 aromatic heterocycles. The molecule has 0 aromatic rings. The number of hydrogen-bond acceptors (Lipinski definition) is 6. The topological polar surface area (TPSA) is 107 Å². The van der Waals surface area contributed by atoms with Crippen LogP contribution in [0.4, 0.5) is 0 Å². The van der Waals surface area contributed by atoms with Gasteiger partial charge in [0, 0.05) is 12.0 Å². The summed E-state index contributed by atoms with van der Waals surface area (Å²) in [4.78, 5) is 0. The number of hydrogen-bond donors (Lipinski definition) is 4. The zero-order chi connectivity index (χ0) is 12.7. The van der Waals surface area contributed by atoms with Crippen LogP contribution in [0.1, 0.15) is 12.8 Å². The molecule has 7 heteroatoms. The maximum atomic E-state index is 10.8. The first-order valence-corrected chi connectivity index (χ1v) is 7.20. The van der Waals surface area contributed by atoms with Gasteiger partial charge in [-0.15, -0.1) is 0 Å². The smallest absolute Gasteiger partial charge is 0.147 e. The molecule has 0 spiro atoms. The lowest BCUT2D eigenvalue weighted by Gasteiger charge is -2.28. The number of unbranched alkanes of at least 4 members (excludes halogenated alkanes) is 1. The minimum absolute atomic E-state index is 0.124. The summed E-state index contributed by atoms with van der Waals surface area (Å²) in [5.41, 5.74) is -1.08. The molecule has 0 saturated carbocycles. The molecule has 0 amide bonds. The SMILES string of the molecule is CS(=O)(=O)CCCCNC(CO)(CO)CO. The van der Waals surface area contributed by atoms with Crippen LogP contribution >= 0.6 is 0 Å². The van der Waals surface area contributed by atoms with E-state index in [1.165, 1.54) is 6.26 Å². The monoisotopic (exact) mass is 255 g/mol. The van der Waals surface area contributed by atoms with E-state index < -0.39 is 15.4 Å². The summed E-state index contributed by atoms with van der Waals surface area (Å²) in [5, 5.41) is 29.8. The lowest BCUT2D eigenvalue weighted by molar-refractivity contribution is 0.0426. The second-order valence-corrected chi connectivity index (χ2v) is 6.28. The molecule has 0 bridgehead atoms. The first-order chi connectivity index (χ1) is 7.39. The molecular weight excluding hydrogens is 234 g/mol. The van der Waals surface area contributed by atoms with Gasteiger partial charge in [0.1, 0.15) is 9.84 Å². The van der Waals surface area contributed by atoms with Gasteiger partial charge in [-0.1, -0.05) is 0 Å². The van der Waals surface area contributed by atoms with Crippen molar-refractivity contribution in [2.75, 3.05) is 38.4 Å². The molecular formula is C9H21NO5S. The number of nitrogens with one attached hydrogen (secondary N) is 1. The molecule has 0 aliphatic heterocycles. The van der Waals surface area contributed by atoms with Crippen LogP contribution in [0, 0.1) is 0 Å². The van der Waals surface area contributed by atoms with E-state index in [4.69, 9.17) is 15.3 Å². The predicted octanol–water partition coefficient (Wildman–Crippen LogP) is -1.88. The van der Waals surface area contributed by atoms with Crippen LogP contribution in [-0.4, -0.2) is 67.7 Å². The third kappa shape index (κ3) is 6.39. The van der Waals surface area contributed by atoms with E-state index in [2.05, 4.69) is 5.32 Å².